The molecule has 0 bridgehead atoms. The average Bonchev–Trinajstić information content (AvgIpc) is 2.04. The van der Waals surface area contributed by atoms with Gasteiger partial charge in [-0.1, -0.05) is 13.8 Å². The van der Waals surface area contributed by atoms with Crippen LogP contribution in [0.3, 0.4) is 0 Å². The van der Waals surface area contributed by atoms with E-state index in [2.05, 4.69) is 0 Å². The number of aldehydes is 2. The van der Waals surface area contributed by atoms with Crippen molar-refractivity contribution in [2.24, 2.45) is 11.3 Å². The second kappa shape index (κ2) is 4.23. The molecule has 0 fully saturated rings. The summed E-state index contributed by atoms with van der Waals surface area (Å²) < 4.78 is 0. The maximum Gasteiger partial charge on any atom is 0.128 e. The normalized spacial score (nSPS) is 18.5. The van der Waals surface area contributed by atoms with Gasteiger partial charge in [0.05, 0.1) is 6.61 Å². The summed E-state index contributed by atoms with van der Waals surface area (Å²) in [5.74, 6) is -0.169. The molecule has 0 spiro atoms. The summed E-state index contributed by atoms with van der Waals surface area (Å²) in [5.41, 5.74) is -0.750. The molecule has 0 aromatic rings. The Bertz CT molecular complexity index is 144. The Labute approximate surface area is 66.4 Å². The van der Waals surface area contributed by atoms with Crippen LogP contribution in [0.2, 0.25) is 0 Å². The van der Waals surface area contributed by atoms with Gasteiger partial charge in [0.25, 0.3) is 0 Å². The number of carbonyl (C=O) groups excluding carboxylic acids is 2. The Morgan fingerprint density at radius 2 is 2.09 bits per heavy atom. The van der Waals surface area contributed by atoms with Crippen molar-refractivity contribution in [1.82, 2.24) is 0 Å². The van der Waals surface area contributed by atoms with E-state index in [0.717, 1.165) is 6.29 Å². The predicted octanol–water partition coefficient (Wildman–Crippen LogP) is 0.409. The molecule has 0 radical (unpaired) electrons. The zero-order valence-corrected chi connectivity index (χ0v) is 6.91. The van der Waals surface area contributed by atoms with E-state index in [0.29, 0.717) is 12.7 Å². The molecule has 0 aromatic heterocycles. The van der Waals surface area contributed by atoms with Crippen molar-refractivity contribution in [3.63, 3.8) is 0 Å². The molecule has 0 aromatic carbocycles. The van der Waals surface area contributed by atoms with E-state index in [1.54, 1.807) is 13.8 Å². The molecule has 0 heterocycles. The van der Waals surface area contributed by atoms with Gasteiger partial charge in [0, 0.05) is 11.3 Å². The van der Waals surface area contributed by atoms with Crippen LogP contribution in [0.1, 0.15) is 20.3 Å². The minimum Gasteiger partial charge on any atom is -0.395 e. The lowest BCUT2D eigenvalue weighted by Gasteiger charge is -2.20. The lowest BCUT2D eigenvalue weighted by Crippen LogP contribution is -2.26. The van der Waals surface area contributed by atoms with Crippen molar-refractivity contribution in [2.45, 2.75) is 20.3 Å². The first-order chi connectivity index (χ1) is 5.08. The molecule has 0 saturated carbocycles. The van der Waals surface area contributed by atoms with Crippen LogP contribution in [0, 0.1) is 11.3 Å². The zero-order valence-electron chi connectivity index (χ0n) is 6.91. The largest absolute Gasteiger partial charge is 0.395 e. The highest BCUT2D eigenvalue weighted by atomic mass is 16.3. The van der Waals surface area contributed by atoms with Crippen molar-refractivity contribution in [3.05, 3.63) is 0 Å². The molecule has 11 heavy (non-hydrogen) atoms. The van der Waals surface area contributed by atoms with E-state index in [4.69, 9.17) is 5.11 Å². The second-order valence-corrected chi connectivity index (χ2v) is 3.25. The second-order valence-electron chi connectivity index (χ2n) is 3.25. The molecule has 0 saturated heterocycles. The molecule has 0 aliphatic carbocycles. The molecule has 3 nitrogen and oxygen atoms in total. The van der Waals surface area contributed by atoms with Gasteiger partial charge in [-0.2, -0.15) is 0 Å². The fourth-order valence-corrected chi connectivity index (χ4v) is 0.934. The predicted molar refractivity (Wildman–Crippen MR) is 41.1 cm³/mol. The van der Waals surface area contributed by atoms with Crippen LogP contribution in [0.25, 0.3) is 0 Å². The van der Waals surface area contributed by atoms with Gasteiger partial charge in [0.2, 0.25) is 0 Å². The van der Waals surface area contributed by atoms with Crippen LogP contribution in [0.4, 0.5) is 0 Å². The summed E-state index contributed by atoms with van der Waals surface area (Å²) in [7, 11) is 0. The summed E-state index contributed by atoms with van der Waals surface area (Å²) >= 11 is 0. The summed E-state index contributed by atoms with van der Waals surface area (Å²) in [6.07, 6.45) is 1.90. The minimum absolute atomic E-state index is 0.169. The Balaban J connectivity index is 4.06. The van der Waals surface area contributed by atoms with Gasteiger partial charge in [-0.3, -0.25) is 0 Å². The number of aliphatic hydroxyl groups excluding tert-OH is 1. The number of hydrogen-bond donors (Lipinski definition) is 1. The maximum atomic E-state index is 10.4. The van der Waals surface area contributed by atoms with Crippen molar-refractivity contribution >= 4 is 12.6 Å². The Kier molecular flexibility index (Phi) is 3.97. The molecule has 1 N–H and O–H groups in total. The molecule has 0 rings (SSSR count). The zero-order chi connectivity index (χ0) is 8.91. The van der Waals surface area contributed by atoms with Gasteiger partial charge in [0.1, 0.15) is 12.6 Å². The minimum atomic E-state index is -0.750. The van der Waals surface area contributed by atoms with Gasteiger partial charge in [-0.25, -0.2) is 0 Å². The first-order valence-electron chi connectivity index (χ1n) is 3.60. The van der Waals surface area contributed by atoms with E-state index >= 15 is 0 Å². The smallest absolute Gasteiger partial charge is 0.128 e. The van der Waals surface area contributed by atoms with Crippen LogP contribution >= 0.6 is 0 Å². The molecular formula is C8H14O3. The third-order valence-corrected chi connectivity index (χ3v) is 1.67. The number of carbonyl (C=O) groups is 2. The fraction of sp³-hybridized carbons (Fsp3) is 0.750. The Morgan fingerprint density at radius 1 is 1.55 bits per heavy atom. The molecule has 2 atom stereocenters. The molecular weight excluding hydrogens is 144 g/mol. The third kappa shape index (κ3) is 3.28. The van der Waals surface area contributed by atoms with Crippen LogP contribution < -0.4 is 0 Å². The highest BCUT2D eigenvalue weighted by Gasteiger charge is 2.24. The van der Waals surface area contributed by atoms with E-state index in [1.165, 1.54) is 0 Å². The topological polar surface area (TPSA) is 54.4 Å². The number of aliphatic hydroxyl groups is 1. The van der Waals surface area contributed by atoms with Gasteiger partial charge in [-0.05, 0) is 6.42 Å². The first kappa shape index (κ1) is 10.3. The van der Waals surface area contributed by atoms with Crippen molar-refractivity contribution in [2.75, 3.05) is 6.61 Å². The maximum absolute atomic E-state index is 10.4. The first-order valence-corrected chi connectivity index (χ1v) is 3.60. The highest BCUT2D eigenvalue weighted by Crippen LogP contribution is 2.21. The summed E-state index contributed by atoms with van der Waals surface area (Å²) in [4.78, 5) is 20.7. The summed E-state index contributed by atoms with van der Waals surface area (Å²) in [5, 5.41) is 8.78. The molecule has 0 aliphatic rings. The van der Waals surface area contributed by atoms with Gasteiger partial charge < -0.3 is 14.7 Å². The molecule has 2 unspecified atom stereocenters. The molecule has 3 heteroatoms. The van der Waals surface area contributed by atoms with E-state index < -0.39 is 5.41 Å². The monoisotopic (exact) mass is 158 g/mol. The highest BCUT2D eigenvalue weighted by molar-refractivity contribution is 5.61. The quantitative estimate of drug-likeness (QED) is 0.589. The van der Waals surface area contributed by atoms with Crippen molar-refractivity contribution in [1.29, 1.82) is 0 Å². The standard InChI is InChI=1S/C8H14O3/c1-7(4-9)3-8(2,5-10)6-11/h4-5,7,11H,3,6H2,1-2H3. The lowest BCUT2D eigenvalue weighted by molar-refractivity contribution is -0.119. The molecule has 64 valence electrons. The average molecular weight is 158 g/mol. The lowest BCUT2D eigenvalue weighted by atomic mass is 9.84. The van der Waals surface area contributed by atoms with Gasteiger partial charge >= 0.3 is 0 Å². The van der Waals surface area contributed by atoms with Crippen molar-refractivity contribution < 1.29 is 14.7 Å². The van der Waals surface area contributed by atoms with Crippen LogP contribution in [-0.2, 0) is 9.59 Å². The van der Waals surface area contributed by atoms with Crippen LogP contribution in [0.5, 0.6) is 0 Å². The van der Waals surface area contributed by atoms with Crippen LogP contribution in [-0.4, -0.2) is 24.3 Å². The van der Waals surface area contributed by atoms with Crippen LogP contribution in [0.15, 0.2) is 0 Å². The fourth-order valence-electron chi connectivity index (χ4n) is 0.934. The van der Waals surface area contributed by atoms with Gasteiger partial charge in [0.15, 0.2) is 0 Å². The van der Waals surface area contributed by atoms with Crippen molar-refractivity contribution in [3.8, 4) is 0 Å². The molecule has 0 amide bonds. The van der Waals surface area contributed by atoms with E-state index in [9.17, 15) is 9.59 Å². The number of hydrogen-bond acceptors (Lipinski definition) is 3. The number of rotatable bonds is 5. The Hall–Kier alpha value is -0.700. The Morgan fingerprint density at radius 3 is 2.36 bits per heavy atom. The summed E-state index contributed by atoms with van der Waals surface area (Å²) in [6.45, 7) is 3.17. The SMILES string of the molecule is CC(C=O)CC(C)(C=O)CO. The molecule has 0 aliphatic heterocycles. The third-order valence-electron chi connectivity index (χ3n) is 1.67. The van der Waals surface area contributed by atoms with E-state index in [1.807, 2.05) is 0 Å². The summed E-state index contributed by atoms with van der Waals surface area (Å²) in [6, 6.07) is 0. The van der Waals surface area contributed by atoms with Gasteiger partial charge in [-0.15, -0.1) is 0 Å². The van der Waals surface area contributed by atoms with E-state index in [-0.39, 0.29) is 12.5 Å².